The zero-order chi connectivity index (χ0) is 13.1. The highest BCUT2D eigenvalue weighted by molar-refractivity contribution is 7.14. The summed E-state index contributed by atoms with van der Waals surface area (Å²) in [7, 11) is 0. The lowest BCUT2D eigenvalue weighted by atomic mass is 10.1. The molecule has 0 aliphatic heterocycles. The predicted octanol–water partition coefficient (Wildman–Crippen LogP) is 4.66. The van der Waals surface area contributed by atoms with E-state index < -0.39 is 0 Å². The van der Waals surface area contributed by atoms with Crippen molar-refractivity contribution < 1.29 is 4.79 Å². The highest BCUT2D eigenvalue weighted by atomic mass is 35.5. The molecule has 0 saturated carbocycles. The van der Waals surface area contributed by atoms with Crippen LogP contribution in [0.3, 0.4) is 0 Å². The number of thiophene rings is 1. The number of nitrogens with one attached hydrogen (secondary N) is 2. The molecule has 0 unspecified atom stereocenters. The Morgan fingerprint density at radius 3 is 2.67 bits per heavy atom. The molecule has 0 atom stereocenters. The highest BCUT2D eigenvalue weighted by Gasteiger charge is 2.09. The van der Waals surface area contributed by atoms with E-state index in [9.17, 15) is 4.79 Å². The number of carbonyl (C=O) groups excluding carboxylic acids is 1. The van der Waals surface area contributed by atoms with E-state index in [4.69, 9.17) is 11.6 Å². The van der Waals surface area contributed by atoms with Gasteiger partial charge in [0.15, 0.2) is 0 Å². The Kier molecular flexibility index (Phi) is 3.89. The number of anilines is 2. The minimum absolute atomic E-state index is 0.286. The molecule has 0 saturated heterocycles. The topological polar surface area (TPSA) is 41.1 Å². The number of halogens is 1. The van der Waals surface area contributed by atoms with Gasteiger partial charge in [-0.1, -0.05) is 17.7 Å². The maximum Gasteiger partial charge on any atom is 0.324 e. The van der Waals surface area contributed by atoms with Gasteiger partial charge in [-0.05, 0) is 48.6 Å². The van der Waals surface area contributed by atoms with Gasteiger partial charge in [-0.15, -0.1) is 11.3 Å². The molecule has 5 heteroatoms. The summed E-state index contributed by atoms with van der Waals surface area (Å²) in [5, 5.41) is 8.77. The molecule has 2 amide bonds. The quantitative estimate of drug-likeness (QED) is 0.825. The van der Waals surface area contributed by atoms with Gasteiger partial charge in [-0.25, -0.2) is 4.79 Å². The molecular formula is C13H13ClN2OS. The fraction of sp³-hybridized carbons (Fsp3) is 0.154. The maximum atomic E-state index is 11.8. The van der Waals surface area contributed by atoms with Gasteiger partial charge in [0.1, 0.15) is 0 Å². The average molecular weight is 281 g/mol. The first-order valence-electron chi connectivity index (χ1n) is 5.44. The number of aryl methyl sites for hydroxylation is 2. The summed E-state index contributed by atoms with van der Waals surface area (Å²) >= 11 is 7.59. The van der Waals surface area contributed by atoms with Crippen LogP contribution in [0.5, 0.6) is 0 Å². The summed E-state index contributed by atoms with van der Waals surface area (Å²) in [6.45, 7) is 3.88. The van der Waals surface area contributed by atoms with Gasteiger partial charge >= 0.3 is 6.03 Å². The molecule has 0 radical (unpaired) electrons. The van der Waals surface area contributed by atoms with Crippen LogP contribution in [0.25, 0.3) is 0 Å². The second kappa shape index (κ2) is 5.42. The van der Waals surface area contributed by atoms with E-state index in [1.54, 1.807) is 0 Å². The van der Waals surface area contributed by atoms with Crippen LogP contribution >= 0.6 is 22.9 Å². The lowest BCUT2D eigenvalue weighted by Gasteiger charge is -2.11. The van der Waals surface area contributed by atoms with Gasteiger partial charge in [0.2, 0.25) is 0 Å². The highest BCUT2D eigenvalue weighted by Crippen LogP contribution is 2.27. The molecule has 2 rings (SSSR count). The largest absolute Gasteiger partial charge is 0.324 e. The van der Waals surface area contributed by atoms with Crippen LogP contribution in [0.15, 0.2) is 29.6 Å². The van der Waals surface area contributed by atoms with Crippen LogP contribution < -0.4 is 10.6 Å². The minimum Gasteiger partial charge on any atom is -0.306 e. The molecule has 3 nitrogen and oxygen atoms in total. The Morgan fingerprint density at radius 1 is 1.28 bits per heavy atom. The van der Waals surface area contributed by atoms with E-state index in [0.717, 1.165) is 16.1 Å². The van der Waals surface area contributed by atoms with Crippen molar-refractivity contribution in [1.82, 2.24) is 0 Å². The molecule has 0 aliphatic rings. The number of benzene rings is 1. The fourth-order valence-electron chi connectivity index (χ4n) is 1.68. The second-order valence-corrected chi connectivity index (χ2v) is 5.35. The molecule has 1 aromatic carbocycles. The molecule has 2 aromatic rings. The molecule has 0 spiro atoms. The van der Waals surface area contributed by atoms with Crippen molar-refractivity contribution in [3.8, 4) is 0 Å². The summed E-state index contributed by atoms with van der Waals surface area (Å²) in [5.41, 5.74) is 2.67. The molecule has 0 bridgehead atoms. The molecule has 94 valence electrons. The molecule has 1 aromatic heterocycles. The summed E-state index contributed by atoms with van der Waals surface area (Å²) < 4.78 is 0. The first kappa shape index (κ1) is 12.9. The Bertz CT molecular complexity index is 543. The van der Waals surface area contributed by atoms with Gasteiger partial charge in [-0.2, -0.15) is 0 Å². The molecular weight excluding hydrogens is 268 g/mol. The smallest absolute Gasteiger partial charge is 0.306 e. The fourth-order valence-corrected chi connectivity index (χ4v) is 2.66. The van der Waals surface area contributed by atoms with Gasteiger partial charge < -0.3 is 5.32 Å². The minimum atomic E-state index is -0.286. The average Bonchev–Trinajstić information content (AvgIpc) is 2.76. The number of rotatable bonds is 2. The van der Waals surface area contributed by atoms with E-state index in [-0.39, 0.29) is 6.03 Å². The van der Waals surface area contributed by atoms with Crippen molar-refractivity contribution in [2.45, 2.75) is 13.8 Å². The first-order chi connectivity index (χ1) is 8.56. The van der Waals surface area contributed by atoms with Crippen molar-refractivity contribution in [2.75, 3.05) is 10.6 Å². The zero-order valence-electron chi connectivity index (χ0n) is 10.1. The van der Waals surface area contributed by atoms with Crippen molar-refractivity contribution >= 4 is 39.7 Å². The number of carbonyl (C=O) groups is 1. The Labute approximate surface area is 115 Å². The number of hydrogen-bond acceptors (Lipinski definition) is 2. The zero-order valence-corrected chi connectivity index (χ0v) is 11.7. The monoisotopic (exact) mass is 280 g/mol. The standard InChI is InChI=1S/C13H13ClN2OS/c1-8-6-9(2)12(10(14)7-8)16-13(17)15-11-4-3-5-18-11/h3-7H,1-2H3,(H2,15,16,17). The Morgan fingerprint density at radius 2 is 2.06 bits per heavy atom. The molecule has 1 heterocycles. The van der Waals surface area contributed by atoms with Gasteiger partial charge in [0.05, 0.1) is 15.7 Å². The number of amides is 2. The van der Waals surface area contributed by atoms with Gasteiger partial charge in [0, 0.05) is 0 Å². The SMILES string of the molecule is Cc1cc(C)c(NC(=O)Nc2cccs2)c(Cl)c1. The maximum absolute atomic E-state index is 11.8. The first-order valence-corrected chi connectivity index (χ1v) is 6.70. The third-order valence-electron chi connectivity index (χ3n) is 2.43. The summed E-state index contributed by atoms with van der Waals surface area (Å²) in [4.78, 5) is 11.8. The van der Waals surface area contributed by atoms with E-state index in [1.807, 2.05) is 43.5 Å². The van der Waals surface area contributed by atoms with Crippen molar-refractivity contribution in [3.63, 3.8) is 0 Å². The number of urea groups is 1. The Hall–Kier alpha value is -1.52. The Balaban J connectivity index is 2.12. The van der Waals surface area contributed by atoms with Crippen LogP contribution in [-0.4, -0.2) is 6.03 Å². The van der Waals surface area contributed by atoms with Crippen LogP contribution in [0.4, 0.5) is 15.5 Å². The molecule has 0 fully saturated rings. The van der Waals surface area contributed by atoms with E-state index >= 15 is 0 Å². The molecule has 18 heavy (non-hydrogen) atoms. The van der Waals surface area contributed by atoms with E-state index in [1.165, 1.54) is 11.3 Å². The predicted molar refractivity (Wildman–Crippen MR) is 77.9 cm³/mol. The van der Waals surface area contributed by atoms with E-state index in [0.29, 0.717) is 10.7 Å². The lowest BCUT2D eigenvalue weighted by molar-refractivity contribution is 0.262. The van der Waals surface area contributed by atoms with E-state index in [2.05, 4.69) is 10.6 Å². The van der Waals surface area contributed by atoms with Crippen molar-refractivity contribution in [1.29, 1.82) is 0 Å². The van der Waals surface area contributed by atoms with Crippen LogP contribution in [0, 0.1) is 13.8 Å². The van der Waals surface area contributed by atoms with Crippen LogP contribution in [0.1, 0.15) is 11.1 Å². The molecule has 2 N–H and O–H groups in total. The van der Waals surface area contributed by atoms with Crippen LogP contribution in [-0.2, 0) is 0 Å². The third-order valence-corrected chi connectivity index (χ3v) is 3.51. The molecule has 0 aliphatic carbocycles. The van der Waals surface area contributed by atoms with Gasteiger partial charge in [0.25, 0.3) is 0 Å². The second-order valence-electron chi connectivity index (χ2n) is 4.00. The van der Waals surface area contributed by atoms with Crippen molar-refractivity contribution in [3.05, 3.63) is 45.8 Å². The lowest BCUT2D eigenvalue weighted by Crippen LogP contribution is -2.19. The third kappa shape index (κ3) is 3.03. The normalized spacial score (nSPS) is 10.2. The number of hydrogen-bond donors (Lipinski definition) is 2. The summed E-state index contributed by atoms with van der Waals surface area (Å²) in [6.07, 6.45) is 0. The summed E-state index contributed by atoms with van der Waals surface area (Å²) in [6, 6.07) is 7.24. The summed E-state index contributed by atoms with van der Waals surface area (Å²) in [5.74, 6) is 0. The van der Waals surface area contributed by atoms with Crippen molar-refractivity contribution in [2.24, 2.45) is 0 Å². The van der Waals surface area contributed by atoms with Gasteiger partial charge in [-0.3, -0.25) is 5.32 Å². The van der Waals surface area contributed by atoms with Crippen LogP contribution in [0.2, 0.25) is 5.02 Å².